The van der Waals surface area contributed by atoms with Crippen LogP contribution in [0.4, 0.5) is 0 Å². The number of rotatable bonds is 18. The number of thioether (sulfide) groups is 1. The Morgan fingerprint density at radius 1 is 0.657 bits per heavy atom. The lowest BCUT2D eigenvalue weighted by Gasteiger charge is -2.21. The van der Waals surface area contributed by atoms with Crippen LogP contribution in [0.5, 0.6) is 0 Å². The van der Waals surface area contributed by atoms with E-state index in [1.54, 1.807) is 0 Å². The van der Waals surface area contributed by atoms with Gasteiger partial charge in [0.05, 0.1) is 37.9 Å². The van der Waals surface area contributed by atoms with Crippen molar-refractivity contribution in [2.75, 3.05) is 37.9 Å². The third-order valence-electron chi connectivity index (χ3n) is 4.41. The topological polar surface area (TPSA) is 285 Å². The van der Waals surface area contributed by atoms with Gasteiger partial charge in [0, 0.05) is 24.3 Å². The van der Waals surface area contributed by atoms with Crippen LogP contribution < -0.4 is 10.9 Å². The summed E-state index contributed by atoms with van der Waals surface area (Å²) in [5.41, 5.74) is 3.25. The number of nitrogens with zero attached hydrogens (tertiary/aromatic N) is 2. The summed E-state index contributed by atoms with van der Waals surface area (Å²) in [6.07, 6.45) is -10.8. The molecule has 0 aliphatic carbocycles. The number of carbonyl (C=O) groups excluding carboxylic acids is 2. The summed E-state index contributed by atoms with van der Waals surface area (Å²) in [6.45, 7) is -3.35. The molecule has 0 aromatic rings. The van der Waals surface area contributed by atoms with E-state index in [9.17, 15) is 50.4 Å². The quantitative estimate of drug-likeness (QED) is 0.0446. The van der Waals surface area contributed by atoms with E-state index < -0.39 is 86.3 Å². The van der Waals surface area contributed by atoms with E-state index in [2.05, 4.69) is 21.1 Å². The van der Waals surface area contributed by atoms with Crippen molar-refractivity contribution in [1.29, 1.82) is 0 Å². The van der Waals surface area contributed by atoms with Gasteiger partial charge in [-0.2, -0.15) is 22.0 Å². The molecule has 0 radical (unpaired) electrons. The van der Waals surface area contributed by atoms with Crippen LogP contribution in [0, 0.1) is 0 Å². The molecular formula is C18H34N4O12S. The van der Waals surface area contributed by atoms with E-state index >= 15 is 0 Å². The molecule has 0 saturated heterocycles. The smallest absolute Gasteiger partial charge is 0.240 e. The molecule has 0 saturated carbocycles. The van der Waals surface area contributed by atoms with Gasteiger partial charge in [0.25, 0.3) is 0 Å². The molecule has 16 nitrogen and oxygen atoms in total. The van der Waals surface area contributed by atoms with Crippen LogP contribution >= 0.6 is 11.8 Å². The Balaban J connectivity index is 4.40. The minimum atomic E-state index is -1.83. The van der Waals surface area contributed by atoms with Crippen molar-refractivity contribution in [2.45, 2.75) is 49.5 Å². The highest BCUT2D eigenvalue weighted by Gasteiger charge is 2.29. The fourth-order valence-electron chi connectivity index (χ4n) is 2.23. The fraction of sp³-hybridized carbons (Fsp3) is 0.778. The Morgan fingerprint density at radius 3 is 1.29 bits per heavy atom. The Kier molecular flexibility index (Phi) is 17.6. The molecule has 6 atom stereocenters. The number of aliphatic hydroxyl groups excluding tert-OH is 10. The molecule has 0 bridgehead atoms. The average Bonchev–Trinajstić information content (AvgIpc) is 2.86. The van der Waals surface area contributed by atoms with Crippen LogP contribution in [0.15, 0.2) is 10.2 Å². The minimum Gasteiger partial charge on any atom is -0.394 e. The first-order chi connectivity index (χ1) is 16.5. The first-order valence-corrected chi connectivity index (χ1v) is 11.5. The molecule has 0 spiro atoms. The number of aliphatic hydroxyl groups is 10. The van der Waals surface area contributed by atoms with Gasteiger partial charge in [0.1, 0.15) is 36.6 Å². The SMILES string of the molecule is O=C(CCSCCC(=O)N/N=C(\CO)[C@H](O)[C@H](O)[C@H](O)CO)N/N=C(/CO)[C@H](O)[C@H](O)[C@H](O)CO. The van der Waals surface area contributed by atoms with E-state index in [-0.39, 0.29) is 24.3 Å². The lowest BCUT2D eigenvalue weighted by molar-refractivity contribution is -0.121. The maximum atomic E-state index is 11.8. The molecule has 0 fully saturated rings. The van der Waals surface area contributed by atoms with Gasteiger partial charge in [-0.25, -0.2) is 10.9 Å². The summed E-state index contributed by atoms with van der Waals surface area (Å²) < 4.78 is 0. The second-order valence-electron chi connectivity index (χ2n) is 7.08. The highest BCUT2D eigenvalue weighted by molar-refractivity contribution is 7.99. The van der Waals surface area contributed by atoms with Crippen LogP contribution in [0.25, 0.3) is 0 Å². The van der Waals surface area contributed by atoms with Crippen molar-refractivity contribution in [2.24, 2.45) is 10.2 Å². The van der Waals surface area contributed by atoms with Crippen LogP contribution in [0.3, 0.4) is 0 Å². The van der Waals surface area contributed by atoms with E-state index in [0.29, 0.717) is 0 Å². The lowest BCUT2D eigenvalue weighted by atomic mass is 10.0. The molecule has 0 aliphatic rings. The van der Waals surface area contributed by atoms with Gasteiger partial charge in [-0.3, -0.25) is 9.59 Å². The molecule has 2 amide bonds. The molecular weight excluding hydrogens is 496 g/mol. The Bertz CT molecular complexity index is 642. The normalized spacial score (nSPS) is 17.8. The molecule has 0 aliphatic heterocycles. The van der Waals surface area contributed by atoms with Crippen LogP contribution in [0.1, 0.15) is 12.8 Å². The molecule has 0 rings (SSSR count). The summed E-state index contributed by atoms with van der Waals surface area (Å²) in [4.78, 5) is 23.6. The summed E-state index contributed by atoms with van der Waals surface area (Å²) in [5.74, 6) is -0.696. The number of hydrogen-bond donors (Lipinski definition) is 12. The predicted molar refractivity (Wildman–Crippen MR) is 122 cm³/mol. The van der Waals surface area contributed by atoms with Crippen molar-refractivity contribution in [3.63, 3.8) is 0 Å². The predicted octanol–water partition coefficient (Wildman–Crippen LogP) is -6.42. The first kappa shape index (κ1) is 33.2. The Labute approximate surface area is 204 Å². The molecule has 0 heterocycles. The van der Waals surface area contributed by atoms with Crippen LogP contribution in [-0.4, -0.2) is 149 Å². The minimum absolute atomic E-state index is 0.0590. The van der Waals surface area contributed by atoms with Gasteiger partial charge >= 0.3 is 0 Å². The number of carbonyl (C=O) groups is 2. The van der Waals surface area contributed by atoms with Crippen LogP contribution in [-0.2, 0) is 9.59 Å². The maximum Gasteiger partial charge on any atom is 0.240 e. The second-order valence-corrected chi connectivity index (χ2v) is 8.30. The lowest BCUT2D eigenvalue weighted by Crippen LogP contribution is -2.45. The monoisotopic (exact) mass is 530 g/mol. The summed E-state index contributed by atoms with van der Waals surface area (Å²) in [5, 5.41) is 100. The van der Waals surface area contributed by atoms with Crippen LogP contribution in [0.2, 0.25) is 0 Å². The molecule has 17 heteroatoms. The first-order valence-electron chi connectivity index (χ1n) is 10.3. The molecule has 0 unspecified atom stereocenters. The van der Waals surface area contributed by atoms with Gasteiger partial charge in [-0.15, -0.1) is 0 Å². The number of hydrogen-bond acceptors (Lipinski definition) is 15. The van der Waals surface area contributed by atoms with Gasteiger partial charge in [0.2, 0.25) is 11.8 Å². The van der Waals surface area contributed by atoms with E-state index in [0.717, 1.165) is 0 Å². The van der Waals surface area contributed by atoms with Gasteiger partial charge in [0.15, 0.2) is 0 Å². The van der Waals surface area contributed by atoms with E-state index in [1.807, 2.05) is 0 Å². The fourth-order valence-corrected chi connectivity index (χ4v) is 3.10. The molecule has 35 heavy (non-hydrogen) atoms. The standard InChI is InChI=1S/C18H34N4O12S/c23-5-9(15(31)17(33)11(27)7-25)19-21-13(29)1-3-35-4-2-14(30)22-20-10(6-24)16(32)18(34)12(28)8-26/h11-12,15-18,23-28,31-34H,1-8H2,(H,21,29)(H,22,30)/b19-9-,20-10+/t11-,12-,15+,16+,17-,18-/m1/s1. The largest absolute Gasteiger partial charge is 0.394 e. The Morgan fingerprint density at radius 2 is 1.00 bits per heavy atom. The molecule has 0 aromatic carbocycles. The Hall–Kier alpha value is -1.77. The van der Waals surface area contributed by atoms with Gasteiger partial charge < -0.3 is 51.1 Å². The van der Waals surface area contributed by atoms with Gasteiger partial charge in [-0.05, 0) is 0 Å². The zero-order valence-electron chi connectivity index (χ0n) is 18.7. The molecule has 204 valence electrons. The third kappa shape index (κ3) is 12.7. The summed E-state index contributed by atoms with van der Waals surface area (Å²) in [6, 6.07) is 0. The second kappa shape index (κ2) is 18.5. The van der Waals surface area contributed by atoms with Crippen molar-refractivity contribution in [3.05, 3.63) is 0 Å². The van der Waals surface area contributed by atoms with Crippen molar-refractivity contribution >= 4 is 35.0 Å². The number of hydrazone groups is 2. The van der Waals surface area contributed by atoms with E-state index in [4.69, 9.17) is 10.2 Å². The summed E-state index contributed by atoms with van der Waals surface area (Å²) in [7, 11) is 0. The summed E-state index contributed by atoms with van der Waals surface area (Å²) >= 11 is 1.21. The average molecular weight is 531 g/mol. The molecule has 0 aromatic heterocycles. The van der Waals surface area contributed by atoms with Crippen molar-refractivity contribution in [1.82, 2.24) is 10.9 Å². The highest BCUT2D eigenvalue weighted by atomic mass is 32.2. The number of nitrogens with one attached hydrogen (secondary N) is 2. The maximum absolute atomic E-state index is 11.8. The number of amides is 2. The zero-order chi connectivity index (χ0) is 27.0. The van der Waals surface area contributed by atoms with Crippen molar-refractivity contribution < 1.29 is 60.7 Å². The van der Waals surface area contributed by atoms with Crippen molar-refractivity contribution in [3.8, 4) is 0 Å². The zero-order valence-corrected chi connectivity index (χ0v) is 19.5. The van der Waals surface area contributed by atoms with Gasteiger partial charge in [-0.1, -0.05) is 0 Å². The highest BCUT2D eigenvalue weighted by Crippen LogP contribution is 2.06. The third-order valence-corrected chi connectivity index (χ3v) is 5.40. The van der Waals surface area contributed by atoms with E-state index in [1.165, 1.54) is 11.8 Å². The molecule has 12 N–H and O–H groups in total.